The van der Waals surface area contributed by atoms with Crippen LogP contribution in [0.5, 0.6) is 17.2 Å². The van der Waals surface area contributed by atoms with Crippen LogP contribution in [0.25, 0.3) is 10.6 Å². The predicted molar refractivity (Wildman–Crippen MR) is 121 cm³/mol. The fourth-order valence-corrected chi connectivity index (χ4v) is 4.82. The SMILES string of the molecule is CCOc1ccc(-c2nc(C)c(C(=O)N3CCc4cc(OC)c(OC)cc4C3)s2)cc1. The third-order valence-corrected chi connectivity index (χ3v) is 6.60. The molecule has 0 N–H and O–H groups in total. The minimum Gasteiger partial charge on any atom is -0.494 e. The number of rotatable bonds is 6. The van der Waals surface area contributed by atoms with Crippen molar-refractivity contribution in [2.45, 2.75) is 26.8 Å². The van der Waals surface area contributed by atoms with Gasteiger partial charge in [0.25, 0.3) is 5.91 Å². The highest BCUT2D eigenvalue weighted by atomic mass is 32.1. The molecule has 2 heterocycles. The van der Waals surface area contributed by atoms with Crippen molar-refractivity contribution < 1.29 is 19.0 Å². The van der Waals surface area contributed by atoms with Crippen LogP contribution in [0.15, 0.2) is 36.4 Å². The third-order valence-electron chi connectivity index (χ3n) is 5.41. The van der Waals surface area contributed by atoms with E-state index in [1.807, 2.05) is 55.1 Å². The number of methoxy groups -OCH3 is 2. The molecular weight excluding hydrogens is 412 g/mol. The van der Waals surface area contributed by atoms with Gasteiger partial charge in [-0.3, -0.25) is 4.79 Å². The molecule has 1 amide bonds. The summed E-state index contributed by atoms with van der Waals surface area (Å²) in [5.74, 6) is 2.25. The molecule has 31 heavy (non-hydrogen) atoms. The number of hydrogen-bond acceptors (Lipinski definition) is 6. The highest BCUT2D eigenvalue weighted by molar-refractivity contribution is 7.17. The van der Waals surface area contributed by atoms with Gasteiger partial charge in [0.1, 0.15) is 15.6 Å². The van der Waals surface area contributed by atoms with E-state index >= 15 is 0 Å². The van der Waals surface area contributed by atoms with Crippen molar-refractivity contribution >= 4 is 17.2 Å². The number of amides is 1. The maximum atomic E-state index is 13.3. The molecule has 0 saturated carbocycles. The first-order valence-corrected chi connectivity index (χ1v) is 11.1. The lowest BCUT2D eigenvalue weighted by Gasteiger charge is -2.29. The van der Waals surface area contributed by atoms with Gasteiger partial charge in [-0.1, -0.05) is 0 Å². The molecule has 0 spiro atoms. The van der Waals surface area contributed by atoms with E-state index in [0.717, 1.165) is 39.7 Å². The van der Waals surface area contributed by atoms with Crippen molar-refractivity contribution in [3.63, 3.8) is 0 Å². The lowest BCUT2D eigenvalue weighted by atomic mass is 9.98. The van der Waals surface area contributed by atoms with Gasteiger partial charge in [-0.25, -0.2) is 4.98 Å². The molecule has 1 aliphatic heterocycles. The predicted octanol–water partition coefficient (Wildman–Crippen LogP) is 4.73. The summed E-state index contributed by atoms with van der Waals surface area (Å²) < 4.78 is 16.3. The van der Waals surface area contributed by atoms with E-state index in [-0.39, 0.29) is 5.91 Å². The number of nitrogens with zero attached hydrogens (tertiary/aromatic N) is 2. The van der Waals surface area contributed by atoms with Crippen LogP contribution in [-0.4, -0.2) is 43.2 Å². The van der Waals surface area contributed by atoms with Gasteiger partial charge in [0.15, 0.2) is 11.5 Å². The van der Waals surface area contributed by atoms with Crippen molar-refractivity contribution in [3.05, 3.63) is 58.1 Å². The van der Waals surface area contributed by atoms with Gasteiger partial charge in [0.05, 0.1) is 26.5 Å². The summed E-state index contributed by atoms with van der Waals surface area (Å²) >= 11 is 1.44. The molecule has 3 aromatic rings. The molecule has 2 aromatic carbocycles. The van der Waals surface area contributed by atoms with Gasteiger partial charge in [0, 0.05) is 18.7 Å². The zero-order valence-corrected chi connectivity index (χ0v) is 19.0. The number of aromatic nitrogens is 1. The van der Waals surface area contributed by atoms with Crippen molar-refractivity contribution in [2.75, 3.05) is 27.4 Å². The number of thiazole rings is 1. The maximum Gasteiger partial charge on any atom is 0.266 e. The molecule has 0 bridgehead atoms. The first kappa shape index (κ1) is 21.2. The van der Waals surface area contributed by atoms with Crippen molar-refractivity contribution in [3.8, 4) is 27.8 Å². The van der Waals surface area contributed by atoms with E-state index in [9.17, 15) is 4.79 Å². The molecule has 6 nitrogen and oxygen atoms in total. The standard InChI is InChI=1S/C24H26N2O4S/c1-5-30-19-8-6-16(7-9-19)23-25-15(2)22(31-23)24(27)26-11-10-17-12-20(28-3)21(29-4)13-18(17)14-26/h6-9,12-13H,5,10-11,14H2,1-4H3. The monoisotopic (exact) mass is 438 g/mol. The number of ether oxygens (including phenoxy) is 3. The van der Waals surface area contributed by atoms with Crippen molar-refractivity contribution in [1.29, 1.82) is 0 Å². The zero-order valence-electron chi connectivity index (χ0n) is 18.2. The van der Waals surface area contributed by atoms with E-state index in [1.165, 1.54) is 16.9 Å². The highest BCUT2D eigenvalue weighted by Gasteiger charge is 2.26. The second kappa shape index (κ2) is 8.98. The van der Waals surface area contributed by atoms with Gasteiger partial charge < -0.3 is 19.1 Å². The second-order valence-corrected chi connectivity index (χ2v) is 8.34. The summed E-state index contributed by atoms with van der Waals surface area (Å²) in [5, 5.41) is 0.840. The maximum absolute atomic E-state index is 13.3. The average molecular weight is 439 g/mol. The van der Waals surface area contributed by atoms with E-state index in [1.54, 1.807) is 14.2 Å². The van der Waals surface area contributed by atoms with E-state index in [4.69, 9.17) is 14.2 Å². The normalized spacial score (nSPS) is 13.0. The van der Waals surface area contributed by atoms with E-state index in [0.29, 0.717) is 30.3 Å². The Kier molecular flexibility index (Phi) is 6.13. The average Bonchev–Trinajstić information content (AvgIpc) is 3.19. The van der Waals surface area contributed by atoms with Crippen LogP contribution in [0.4, 0.5) is 0 Å². The molecule has 7 heteroatoms. The van der Waals surface area contributed by atoms with Crippen LogP contribution >= 0.6 is 11.3 Å². The second-order valence-electron chi connectivity index (χ2n) is 7.34. The van der Waals surface area contributed by atoms with Gasteiger partial charge in [0.2, 0.25) is 0 Å². The Labute approximate surface area is 186 Å². The fourth-order valence-electron chi connectivity index (χ4n) is 3.78. The Morgan fingerprint density at radius 1 is 1.10 bits per heavy atom. The zero-order chi connectivity index (χ0) is 22.0. The summed E-state index contributed by atoms with van der Waals surface area (Å²) in [4.78, 5) is 20.5. The summed E-state index contributed by atoms with van der Waals surface area (Å²) in [7, 11) is 3.26. The minimum absolute atomic E-state index is 0.0209. The molecule has 0 saturated heterocycles. The number of hydrogen-bond donors (Lipinski definition) is 0. The third kappa shape index (κ3) is 4.23. The number of carbonyl (C=O) groups is 1. The smallest absolute Gasteiger partial charge is 0.266 e. The summed E-state index contributed by atoms with van der Waals surface area (Å²) in [6.07, 6.45) is 0.783. The van der Waals surface area contributed by atoms with Gasteiger partial charge in [-0.05, 0) is 67.8 Å². The molecule has 1 aliphatic rings. The molecule has 0 fully saturated rings. The molecule has 0 aliphatic carbocycles. The quantitative estimate of drug-likeness (QED) is 0.557. The molecule has 1 aromatic heterocycles. The Morgan fingerprint density at radius 3 is 2.42 bits per heavy atom. The number of fused-ring (bicyclic) bond motifs is 1. The summed E-state index contributed by atoms with van der Waals surface area (Å²) in [6, 6.07) is 11.8. The number of carbonyl (C=O) groups excluding carboxylic acids is 1. The largest absolute Gasteiger partial charge is 0.494 e. The topological polar surface area (TPSA) is 60.9 Å². The van der Waals surface area contributed by atoms with Crippen LogP contribution < -0.4 is 14.2 Å². The highest BCUT2D eigenvalue weighted by Crippen LogP contribution is 2.35. The van der Waals surface area contributed by atoms with E-state index in [2.05, 4.69) is 4.98 Å². The molecule has 4 rings (SSSR count). The molecule has 0 radical (unpaired) electrons. The van der Waals surface area contributed by atoms with Gasteiger partial charge in [-0.2, -0.15) is 0 Å². The first-order chi connectivity index (χ1) is 15.0. The van der Waals surface area contributed by atoms with Gasteiger partial charge >= 0.3 is 0 Å². The molecule has 0 unspecified atom stereocenters. The molecule has 162 valence electrons. The Morgan fingerprint density at radius 2 is 1.77 bits per heavy atom. The Balaban J connectivity index is 1.55. The fraction of sp³-hybridized carbons (Fsp3) is 0.333. The summed E-state index contributed by atoms with van der Waals surface area (Å²) in [5.41, 5.74) is 4.03. The lowest BCUT2D eigenvalue weighted by molar-refractivity contribution is 0.0738. The van der Waals surface area contributed by atoms with Crippen LogP contribution in [0, 0.1) is 6.92 Å². The van der Waals surface area contributed by atoms with Crippen molar-refractivity contribution in [1.82, 2.24) is 9.88 Å². The Bertz CT molecular complexity index is 1090. The van der Waals surface area contributed by atoms with Crippen LogP contribution in [0.1, 0.15) is 33.4 Å². The molecule has 0 atom stereocenters. The van der Waals surface area contributed by atoms with Crippen LogP contribution in [0.2, 0.25) is 0 Å². The number of benzene rings is 2. The van der Waals surface area contributed by atoms with Crippen LogP contribution in [0.3, 0.4) is 0 Å². The lowest BCUT2D eigenvalue weighted by Crippen LogP contribution is -2.35. The number of aryl methyl sites for hydroxylation is 1. The van der Waals surface area contributed by atoms with Crippen molar-refractivity contribution in [2.24, 2.45) is 0 Å². The molecular formula is C24H26N2O4S. The minimum atomic E-state index is 0.0209. The summed E-state index contributed by atoms with van der Waals surface area (Å²) in [6.45, 7) is 5.70. The Hall–Kier alpha value is -3.06. The van der Waals surface area contributed by atoms with Gasteiger partial charge in [-0.15, -0.1) is 11.3 Å². The first-order valence-electron chi connectivity index (χ1n) is 10.3. The van der Waals surface area contributed by atoms with Crippen LogP contribution in [-0.2, 0) is 13.0 Å². The van der Waals surface area contributed by atoms with E-state index < -0.39 is 0 Å².